The van der Waals surface area contributed by atoms with Crippen LogP contribution in [-0.2, 0) is 0 Å². The fraction of sp³-hybridized carbons (Fsp3) is 0.562. The van der Waals surface area contributed by atoms with Crippen molar-refractivity contribution in [3.8, 4) is 5.75 Å². The van der Waals surface area contributed by atoms with Crippen molar-refractivity contribution in [1.82, 2.24) is 4.90 Å². The number of likely N-dealkylation sites (tertiary alicyclic amines) is 1. The molecular formula is C16H22N2O3. The summed E-state index contributed by atoms with van der Waals surface area (Å²) < 4.78 is 5.29. The minimum Gasteiger partial charge on any atom is -0.495 e. The number of hydrogen-bond acceptors (Lipinski definition) is 3. The number of aliphatic hydroxyl groups is 1. The van der Waals surface area contributed by atoms with E-state index in [1.54, 1.807) is 7.11 Å². The molecule has 1 saturated heterocycles. The van der Waals surface area contributed by atoms with Gasteiger partial charge in [0.2, 0.25) is 0 Å². The van der Waals surface area contributed by atoms with Crippen molar-refractivity contribution in [2.75, 3.05) is 25.5 Å². The maximum atomic E-state index is 12.4. The quantitative estimate of drug-likeness (QED) is 0.878. The van der Waals surface area contributed by atoms with Gasteiger partial charge in [0.15, 0.2) is 0 Å². The van der Waals surface area contributed by atoms with Crippen molar-refractivity contribution in [3.63, 3.8) is 0 Å². The Kier molecular flexibility index (Phi) is 3.76. The largest absolute Gasteiger partial charge is 0.495 e. The normalized spacial score (nSPS) is 27.6. The van der Waals surface area contributed by atoms with Crippen LogP contribution in [0, 0.1) is 18.8 Å². The minimum absolute atomic E-state index is 0.0808. The average molecular weight is 290 g/mol. The number of amides is 2. The lowest BCUT2D eigenvalue weighted by Gasteiger charge is -2.20. The molecule has 1 aliphatic heterocycles. The number of fused-ring (bicyclic) bond motifs is 1. The Morgan fingerprint density at radius 3 is 2.62 bits per heavy atom. The molecule has 114 valence electrons. The number of nitrogens with one attached hydrogen (secondary N) is 1. The number of hydrogen-bond donors (Lipinski definition) is 2. The van der Waals surface area contributed by atoms with E-state index in [4.69, 9.17) is 4.74 Å². The molecule has 0 bridgehead atoms. The lowest BCUT2D eigenvalue weighted by molar-refractivity contribution is 0.163. The maximum absolute atomic E-state index is 12.4. The van der Waals surface area contributed by atoms with Crippen molar-refractivity contribution in [1.29, 1.82) is 0 Å². The van der Waals surface area contributed by atoms with Gasteiger partial charge in [0.05, 0.1) is 18.9 Å². The van der Waals surface area contributed by atoms with Crippen molar-refractivity contribution >= 4 is 11.7 Å². The predicted molar refractivity (Wildman–Crippen MR) is 80.5 cm³/mol. The molecule has 21 heavy (non-hydrogen) atoms. The third-order valence-corrected chi connectivity index (χ3v) is 4.61. The molecule has 1 unspecified atom stereocenters. The van der Waals surface area contributed by atoms with E-state index < -0.39 is 0 Å². The van der Waals surface area contributed by atoms with Crippen LogP contribution in [0.15, 0.2) is 18.2 Å². The van der Waals surface area contributed by atoms with Gasteiger partial charge < -0.3 is 20.1 Å². The topological polar surface area (TPSA) is 61.8 Å². The third-order valence-electron chi connectivity index (χ3n) is 4.61. The summed E-state index contributed by atoms with van der Waals surface area (Å²) in [6, 6.07) is 5.65. The summed E-state index contributed by atoms with van der Waals surface area (Å²) in [4.78, 5) is 14.3. The van der Waals surface area contributed by atoms with Crippen molar-refractivity contribution in [2.45, 2.75) is 25.9 Å². The second-order valence-electron chi connectivity index (χ2n) is 6.18. The van der Waals surface area contributed by atoms with Gasteiger partial charge in [-0.1, -0.05) is 6.07 Å². The van der Waals surface area contributed by atoms with Crippen LogP contribution < -0.4 is 10.1 Å². The van der Waals surface area contributed by atoms with Gasteiger partial charge in [-0.25, -0.2) is 4.79 Å². The molecular weight excluding hydrogens is 268 g/mol. The Balaban J connectivity index is 1.66. The zero-order valence-electron chi connectivity index (χ0n) is 12.5. The number of methoxy groups -OCH3 is 1. The van der Waals surface area contributed by atoms with Gasteiger partial charge in [-0.3, -0.25) is 0 Å². The highest BCUT2D eigenvalue weighted by Gasteiger charge is 2.41. The molecule has 1 aromatic rings. The van der Waals surface area contributed by atoms with Crippen LogP contribution in [0.5, 0.6) is 5.75 Å². The van der Waals surface area contributed by atoms with E-state index in [0.29, 0.717) is 23.3 Å². The monoisotopic (exact) mass is 290 g/mol. The SMILES string of the molecule is COc1ccc(C)cc1NC(=O)N1C[C@H]2CC(O)C[C@H]2C1. The predicted octanol–water partition coefficient (Wildman–Crippen LogP) is 2.24. The Hall–Kier alpha value is -1.75. The average Bonchev–Trinajstić information content (AvgIpc) is 2.96. The van der Waals surface area contributed by atoms with Crippen molar-refractivity contribution < 1.29 is 14.6 Å². The maximum Gasteiger partial charge on any atom is 0.321 e. The number of carbonyl (C=O) groups is 1. The van der Waals surface area contributed by atoms with E-state index >= 15 is 0 Å². The molecule has 5 nitrogen and oxygen atoms in total. The first kappa shape index (κ1) is 14.2. The van der Waals surface area contributed by atoms with Crippen LogP contribution in [0.1, 0.15) is 18.4 Å². The molecule has 0 spiro atoms. The van der Waals surface area contributed by atoms with Crippen LogP contribution in [-0.4, -0.2) is 42.3 Å². The summed E-state index contributed by atoms with van der Waals surface area (Å²) in [6.45, 7) is 3.46. The lowest BCUT2D eigenvalue weighted by atomic mass is 10.0. The van der Waals surface area contributed by atoms with Crippen LogP contribution >= 0.6 is 0 Å². The highest BCUT2D eigenvalue weighted by atomic mass is 16.5. The first-order valence-electron chi connectivity index (χ1n) is 7.45. The summed E-state index contributed by atoms with van der Waals surface area (Å²) >= 11 is 0. The molecule has 2 N–H and O–H groups in total. The number of aliphatic hydroxyl groups excluding tert-OH is 1. The van der Waals surface area contributed by atoms with Gasteiger partial charge in [0.1, 0.15) is 5.75 Å². The molecule has 1 saturated carbocycles. The molecule has 3 atom stereocenters. The van der Waals surface area contributed by atoms with Gasteiger partial charge >= 0.3 is 6.03 Å². The number of aryl methyl sites for hydroxylation is 1. The van der Waals surface area contributed by atoms with E-state index in [-0.39, 0.29) is 12.1 Å². The second kappa shape index (κ2) is 5.56. The molecule has 0 aromatic heterocycles. The number of rotatable bonds is 2. The molecule has 1 aliphatic carbocycles. The number of benzene rings is 1. The van der Waals surface area contributed by atoms with Crippen molar-refractivity contribution in [3.05, 3.63) is 23.8 Å². The molecule has 0 radical (unpaired) electrons. The number of nitrogens with zero attached hydrogens (tertiary/aromatic N) is 1. The molecule has 2 aliphatic rings. The number of carbonyl (C=O) groups excluding carboxylic acids is 1. The van der Waals surface area contributed by atoms with E-state index in [0.717, 1.165) is 31.5 Å². The highest BCUT2D eigenvalue weighted by Crippen LogP contribution is 2.38. The number of ether oxygens (including phenoxy) is 1. The summed E-state index contributed by atoms with van der Waals surface area (Å²) in [7, 11) is 1.60. The lowest BCUT2D eigenvalue weighted by Crippen LogP contribution is -2.34. The minimum atomic E-state index is -0.179. The summed E-state index contributed by atoms with van der Waals surface area (Å²) in [5.41, 5.74) is 1.78. The van der Waals surface area contributed by atoms with Crippen LogP contribution in [0.2, 0.25) is 0 Å². The Morgan fingerprint density at radius 1 is 1.33 bits per heavy atom. The standard InChI is InChI=1S/C16H22N2O3/c1-10-3-4-15(21-2)14(5-10)17-16(20)18-8-11-6-13(19)7-12(11)9-18/h3-5,11-13,19H,6-9H2,1-2H3,(H,17,20)/t11-,12+,13?. The molecule has 2 fully saturated rings. The molecule has 3 rings (SSSR count). The fourth-order valence-corrected chi connectivity index (χ4v) is 3.55. The summed E-state index contributed by atoms with van der Waals surface area (Å²) in [6.07, 6.45) is 1.46. The molecule has 1 heterocycles. The van der Waals surface area contributed by atoms with Gasteiger partial charge in [-0.05, 0) is 49.3 Å². The van der Waals surface area contributed by atoms with Gasteiger partial charge in [-0.2, -0.15) is 0 Å². The van der Waals surface area contributed by atoms with Gasteiger partial charge in [-0.15, -0.1) is 0 Å². The summed E-state index contributed by atoms with van der Waals surface area (Å²) in [5, 5.41) is 12.6. The number of urea groups is 1. The zero-order valence-corrected chi connectivity index (χ0v) is 12.5. The smallest absolute Gasteiger partial charge is 0.321 e. The first-order chi connectivity index (χ1) is 10.1. The molecule has 5 heteroatoms. The third kappa shape index (κ3) is 2.83. The first-order valence-corrected chi connectivity index (χ1v) is 7.45. The molecule has 2 amide bonds. The van der Waals surface area contributed by atoms with E-state index in [1.165, 1.54) is 0 Å². The fourth-order valence-electron chi connectivity index (χ4n) is 3.55. The van der Waals surface area contributed by atoms with Gasteiger partial charge in [0, 0.05) is 13.1 Å². The van der Waals surface area contributed by atoms with E-state index in [1.807, 2.05) is 30.0 Å². The Bertz CT molecular complexity index is 532. The Morgan fingerprint density at radius 2 is 2.00 bits per heavy atom. The highest BCUT2D eigenvalue weighted by molar-refractivity contribution is 5.91. The van der Waals surface area contributed by atoms with E-state index in [9.17, 15) is 9.90 Å². The van der Waals surface area contributed by atoms with Gasteiger partial charge in [0.25, 0.3) is 0 Å². The van der Waals surface area contributed by atoms with Crippen LogP contribution in [0.4, 0.5) is 10.5 Å². The zero-order chi connectivity index (χ0) is 15.0. The Labute approximate surface area is 124 Å². The summed E-state index contributed by atoms with van der Waals surface area (Å²) in [5.74, 6) is 1.57. The van der Waals surface area contributed by atoms with Crippen LogP contribution in [0.3, 0.4) is 0 Å². The number of anilines is 1. The second-order valence-corrected chi connectivity index (χ2v) is 6.18. The molecule has 1 aromatic carbocycles. The van der Waals surface area contributed by atoms with E-state index in [2.05, 4.69) is 5.32 Å². The van der Waals surface area contributed by atoms with Crippen LogP contribution in [0.25, 0.3) is 0 Å². The van der Waals surface area contributed by atoms with Crippen molar-refractivity contribution in [2.24, 2.45) is 11.8 Å².